The molecule has 1 fully saturated rings. The molecule has 3 nitrogen and oxygen atoms in total. The summed E-state index contributed by atoms with van der Waals surface area (Å²) in [6, 6.07) is 7.32. The quantitative estimate of drug-likeness (QED) is 0.856. The maximum atomic E-state index is 11.8. The normalized spacial score (nSPS) is 22.6. The molecule has 86 valence electrons. The first-order valence-electron chi connectivity index (χ1n) is 5.41. The molecule has 0 aliphatic carbocycles. The molecule has 0 saturated carbocycles. The third kappa shape index (κ3) is 2.06. The van der Waals surface area contributed by atoms with Gasteiger partial charge in [0.25, 0.3) is 0 Å². The Morgan fingerprint density at radius 3 is 2.56 bits per heavy atom. The van der Waals surface area contributed by atoms with Crippen LogP contribution in [0.4, 0.5) is 0 Å². The van der Waals surface area contributed by atoms with Crippen LogP contribution in [0, 0.1) is 0 Å². The Balaban J connectivity index is 2.16. The molecule has 2 unspecified atom stereocenters. The summed E-state index contributed by atoms with van der Waals surface area (Å²) in [7, 11) is 0. The van der Waals surface area contributed by atoms with Gasteiger partial charge in [-0.2, -0.15) is 0 Å². The lowest BCUT2D eigenvalue weighted by Crippen LogP contribution is -2.35. The molecule has 0 spiro atoms. The van der Waals surface area contributed by atoms with Gasteiger partial charge in [-0.05, 0) is 31.0 Å². The zero-order valence-corrected chi connectivity index (χ0v) is 9.95. The fourth-order valence-corrected chi connectivity index (χ4v) is 2.16. The van der Waals surface area contributed by atoms with Gasteiger partial charge in [0.1, 0.15) is 0 Å². The predicted octanol–water partition coefficient (Wildman–Crippen LogP) is 1.96. The van der Waals surface area contributed by atoms with E-state index in [1.807, 2.05) is 36.1 Å². The molecule has 2 atom stereocenters. The molecule has 0 aromatic heterocycles. The molecule has 1 heterocycles. The van der Waals surface area contributed by atoms with E-state index in [1.165, 1.54) is 0 Å². The van der Waals surface area contributed by atoms with E-state index < -0.39 is 0 Å². The number of halogens is 1. The van der Waals surface area contributed by atoms with E-state index in [4.69, 9.17) is 17.3 Å². The molecule has 2 rings (SSSR count). The lowest BCUT2D eigenvalue weighted by Gasteiger charge is -2.24. The molecule has 2 N–H and O–H groups in total. The molecule has 1 aromatic carbocycles. The summed E-state index contributed by atoms with van der Waals surface area (Å²) in [6.45, 7) is 2.75. The van der Waals surface area contributed by atoms with Gasteiger partial charge >= 0.3 is 0 Å². The summed E-state index contributed by atoms with van der Waals surface area (Å²) in [4.78, 5) is 13.6. The highest BCUT2D eigenvalue weighted by Crippen LogP contribution is 2.25. The van der Waals surface area contributed by atoms with Crippen LogP contribution >= 0.6 is 11.6 Å². The minimum absolute atomic E-state index is 0.0439. The Kier molecular flexibility index (Phi) is 3.17. The number of amides is 1. The van der Waals surface area contributed by atoms with Crippen molar-refractivity contribution in [2.24, 2.45) is 5.73 Å². The fraction of sp³-hybridized carbons (Fsp3) is 0.417. The maximum Gasteiger partial charge on any atom is 0.240 e. The average molecular weight is 239 g/mol. The number of nitrogens with two attached hydrogens (primary N) is 1. The van der Waals surface area contributed by atoms with Gasteiger partial charge in [-0.15, -0.1) is 0 Å². The van der Waals surface area contributed by atoms with Crippen molar-refractivity contribution in [1.29, 1.82) is 0 Å². The smallest absolute Gasteiger partial charge is 0.240 e. The Bertz CT molecular complexity index is 391. The van der Waals surface area contributed by atoms with Crippen LogP contribution in [0.2, 0.25) is 5.02 Å². The van der Waals surface area contributed by atoms with E-state index in [0.29, 0.717) is 5.02 Å². The number of hydrogen-bond donors (Lipinski definition) is 1. The van der Waals surface area contributed by atoms with E-state index in [9.17, 15) is 4.79 Å². The van der Waals surface area contributed by atoms with Crippen LogP contribution in [-0.4, -0.2) is 23.4 Å². The third-order valence-electron chi connectivity index (χ3n) is 3.10. The second-order valence-electron chi connectivity index (χ2n) is 4.15. The van der Waals surface area contributed by atoms with E-state index in [1.54, 1.807) is 0 Å². The van der Waals surface area contributed by atoms with Crippen LogP contribution in [0.3, 0.4) is 0 Å². The standard InChI is InChI=1S/C12H15ClN2O/c1-8(9-2-4-10(13)5-3-9)15-7-6-11(14)12(15)16/h2-5,8,11H,6-7,14H2,1H3. The zero-order chi connectivity index (χ0) is 11.7. The van der Waals surface area contributed by atoms with Crippen molar-refractivity contribution in [3.63, 3.8) is 0 Å². The van der Waals surface area contributed by atoms with Crippen molar-refractivity contribution in [1.82, 2.24) is 4.90 Å². The van der Waals surface area contributed by atoms with Gasteiger partial charge in [-0.3, -0.25) is 4.79 Å². The maximum absolute atomic E-state index is 11.8. The Morgan fingerprint density at radius 1 is 1.44 bits per heavy atom. The molecule has 4 heteroatoms. The van der Waals surface area contributed by atoms with Crippen molar-refractivity contribution < 1.29 is 4.79 Å². The lowest BCUT2D eigenvalue weighted by molar-refractivity contribution is -0.130. The van der Waals surface area contributed by atoms with Crippen LogP contribution in [-0.2, 0) is 4.79 Å². The Morgan fingerprint density at radius 2 is 2.06 bits per heavy atom. The highest BCUT2D eigenvalue weighted by Gasteiger charge is 2.32. The molecule has 1 aliphatic rings. The number of carbonyl (C=O) groups excluding carboxylic acids is 1. The summed E-state index contributed by atoms with van der Waals surface area (Å²) in [6.07, 6.45) is 0.747. The van der Waals surface area contributed by atoms with Gasteiger partial charge < -0.3 is 10.6 Å². The number of rotatable bonds is 2. The number of nitrogens with zero attached hydrogens (tertiary/aromatic N) is 1. The second kappa shape index (κ2) is 4.44. The third-order valence-corrected chi connectivity index (χ3v) is 3.35. The van der Waals surface area contributed by atoms with Gasteiger partial charge in [-0.1, -0.05) is 23.7 Å². The molecule has 16 heavy (non-hydrogen) atoms. The van der Waals surface area contributed by atoms with Gasteiger partial charge in [0.2, 0.25) is 5.91 Å². The van der Waals surface area contributed by atoms with Gasteiger partial charge in [0, 0.05) is 11.6 Å². The summed E-state index contributed by atoms with van der Waals surface area (Å²) < 4.78 is 0. The first kappa shape index (κ1) is 11.4. The SMILES string of the molecule is CC(c1ccc(Cl)cc1)N1CCC(N)C1=O. The predicted molar refractivity (Wildman–Crippen MR) is 64.2 cm³/mol. The van der Waals surface area contributed by atoms with E-state index in [-0.39, 0.29) is 18.0 Å². The van der Waals surface area contributed by atoms with Gasteiger partial charge in [-0.25, -0.2) is 0 Å². The van der Waals surface area contributed by atoms with Crippen LogP contribution < -0.4 is 5.73 Å². The van der Waals surface area contributed by atoms with E-state index in [0.717, 1.165) is 18.5 Å². The van der Waals surface area contributed by atoms with Gasteiger partial charge in [0.15, 0.2) is 0 Å². The molecule has 1 aliphatic heterocycles. The lowest BCUT2D eigenvalue weighted by atomic mass is 10.1. The highest BCUT2D eigenvalue weighted by atomic mass is 35.5. The number of benzene rings is 1. The molecular formula is C12H15ClN2O. The molecule has 1 aromatic rings. The average Bonchev–Trinajstić information content (AvgIpc) is 2.60. The van der Waals surface area contributed by atoms with E-state index >= 15 is 0 Å². The van der Waals surface area contributed by atoms with Gasteiger partial charge in [0.05, 0.1) is 12.1 Å². The van der Waals surface area contributed by atoms with Crippen molar-refractivity contribution in [2.45, 2.75) is 25.4 Å². The van der Waals surface area contributed by atoms with Crippen LogP contribution in [0.1, 0.15) is 24.9 Å². The second-order valence-corrected chi connectivity index (χ2v) is 4.59. The fourth-order valence-electron chi connectivity index (χ4n) is 2.03. The largest absolute Gasteiger partial charge is 0.335 e. The highest BCUT2D eigenvalue weighted by molar-refractivity contribution is 6.30. The summed E-state index contributed by atoms with van der Waals surface area (Å²) in [5.41, 5.74) is 6.79. The van der Waals surface area contributed by atoms with Crippen LogP contribution in [0.15, 0.2) is 24.3 Å². The molecule has 0 radical (unpaired) electrons. The Labute approximate surface area is 100 Å². The first-order chi connectivity index (χ1) is 7.59. The number of likely N-dealkylation sites (tertiary alicyclic amines) is 1. The zero-order valence-electron chi connectivity index (χ0n) is 9.19. The van der Waals surface area contributed by atoms with Crippen molar-refractivity contribution >= 4 is 17.5 Å². The summed E-state index contributed by atoms with van der Waals surface area (Å²) >= 11 is 5.83. The van der Waals surface area contributed by atoms with Crippen molar-refractivity contribution in [3.05, 3.63) is 34.9 Å². The summed E-state index contributed by atoms with van der Waals surface area (Å²) in [5, 5.41) is 0.709. The topological polar surface area (TPSA) is 46.3 Å². The minimum Gasteiger partial charge on any atom is -0.335 e. The van der Waals surface area contributed by atoms with Crippen molar-refractivity contribution in [2.75, 3.05) is 6.54 Å². The molecule has 0 bridgehead atoms. The summed E-state index contributed by atoms with van der Waals surface area (Å²) in [5.74, 6) is 0.0439. The first-order valence-corrected chi connectivity index (χ1v) is 5.79. The number of carbonyl (C=O) groups is 1. The Hall–Kier alpha value is -1.06. The molecular weight excluding hydrogens is 224 g/mol. The molecule has 1 amide bonds. The van der Waals surface area contributed by atoms with Crippen LogP contribution in [0.25, 0.3) is 0 Å². The van der Waals surface area contributed by atoms with E-state index in [2.05, 4.69) is 0 Å². The molecule has 1 saturated heterocycles. The van der Waals surface area contributed by atoms with Crippen LogP contribution in [0.5, 0.6) is 0 Å². The minimum atomic E-state index is -0.324. The number of hydrogen-bond acceptors (Lipinski definition) is 2. The van der Waals surface area contributed by atoms with Crippen molar-refractivity contribution in [3.8, 4) is 0 Å². The monoisotopic (exact) mass is 238 g/mol.